The fourth-order valence-corrected chi connectivity index (χ4v) is 2.01. The van der Waals surface area contributed by atoms with E-state index in [1.165, 1.54) is 0 Å². The highest BCUT2D eigenvalue weighted by Crippen LogP contribution is 2.18. The lowest BCUT2D eigenvalue weighted by molar-refractivity contribution is 0.137. The molecule has 0 saturated carbocycles. The Morgan fingerprint density at radius 1 is 1.56 bits per heavy atom. The maximum atomic E-state index is 5.74. The van der Waals surface area contributed by atoms with E-state index in [1.807, 2.05) is 0 Å². The quantitative estimate of drug-likeness (QED) is 0.797. The molecule has 1 saturated heterocycles. The molecule has 1 atom stereocenters. The molecule has 1 aliphatic rings. The third-order valence-corrected chi connectivity index (χ3v) is 2.77. The Balaban J connectivity index is 2.06. The van der Waals surface area contributed by atoms with Gasteiger partial charge in [-0.15, -0.1) is 0 Å². The molecule has 4 nitrogen and oxygen atoms in total. The zero-order chi connectivity index (χ0) is 11.4. The fourth-order valence-electron chi connectivity index (χ4n) is 1.61. The molecule has 16 heavy (non-hydrogen) atoms. The number of hydrogen-bond acceptors (Lipinski definition) is 4. The normalized spacial score (nSPS) is 20.0. The van der Waals surface area contributed by atoms with Crippen molar-refractivity contribution >= 4 is 15.9 Å². The van der Waals surface area contributed by atoms with Gasteiger partial charge in [0, 0.05) is 18.9 Å². The van der Waals surface area contributed by atoms with Crippen molar-refractivity contribution in [2.24, 2.45) is 0 Å². The molecule has 5 heteroatoms. The molecule has 2 heterocycles. The largest absolute Gasteiger partial charge is 0.472 e. The Kier molecular flexibility index (Phi) is 4.12. The first-order valence-electron chi connectivity index (χ1n) is 5.56. The number of hydrogen-bond donors (Lipinski definition) is 0. The fraction of sp³-hybridized carbons (Fsp3) is 0.636. The number of aryl methyl sites for hydroxylation is 1. The smallest absolute Gasteiger partial charge is 0.218 e. The van der Waals surface area contributed by atoms with Gasteiger partial charge in [0.1, 0.15) is 16.5 Å². The van der Waals surface area contributed by atoms with Crippen LogP contribution in [-0.4, -0.2) is 29.3 Å². The van der Waals surface area contributed by atoms with Crippen LogP contribution >= 0.6 is 15.9 Å². The van der Waals surface area contributed by atoms with Crippen molar-refractivity contribution in [2.75, 3.05) is 13.2 Å². The average molecular weight is 287 g/mol. The minimum Gasteiger partial charge on any atom is -0.472 e. The zero-order valence-corrected chi connectivity index (χ0v) is 10.9. The minimum atomic E-state index is 0.135. The Bertz CT molecular complexity index is 354. The number of nitrogens with zero attached hydrogens (tertiary/aromatic N) is 2. The molecule has 0 radical (unpaired) electrons. The van der Waals surface area contributed by atoms with Crippen molar-refractivity contribution in [3.8, 4) is 5.88 Å². The van der Waals surface area contributed by atoms with E-state index in [4.69, 9.17) is 9.47 Å². The third kappa shape index (κ3) is 3.15. The van der Waals surface area contributed by atoms with Crippen LogP contribution in [0.5, 0.6) is 5.88 Å². The lowest BCUT2D eigenvalue weighted by Gasteiger charge is -2.11. The molecule has 1 aromatic heterocycles. The molecule has 0 aliphatic carbocycles. The van der Waals surface area contributed by atoms with Crippen LogP contribution in [0.15, 0.2) is 10.7 Å². The van der Waals surface area contributed by atoms with Gasteiger partial charge in [0.25, 0.3) is 0 Å². The molecule has 0 N–H and O–H groups in total. The van der Waals surface area contributed by atoms with Crippen molar-refractivity contribution < 1.29 is 9.47 Å². The summed E-state index contributed by atoms with van der Waals surface area (Å²) in [4.78, 5) is 8.66. The maximum absolute atomic E-state index is 5.74. The van der Waals surface area contributed by atoms with Crippen LogP contribution in [0.3, 0.4) is 0 Å². The summed E-state index contributed by atoms with van der Waals surface area (Å²) in [6.07, 6.45) is 2.97. The van der Waals surface area contributed by atoms with Gasteiger partial charge in [0.05, 0.1) is 13.2 Å². The predicted molar refractivity (Wildman–Crippen MR) is 63.6 cm³/mol. The third-order valence-electron chi connectivity index (χ3n) is 2.37. The van der Waals surface area contributed by atoms with E-state index in [0.717, 1.165) is 36.3 Å². The van der Waals surface area contributed by atoms with Gasteiger partial charge in [-0.2, -0.15) is 4.98 Å². The highest BCUT2D eigenvalue weighted by molar-refractivity contribution is 9.10. The summed E-state index contributed by atoms with van der Waals surface area (Å²) in [7, 11) is 0. The molecule has 88 valence electrons. The number of ether oxygens (including phenoxy) is 2. The lowest BCUT2D eigenvalue weighted by Crippen LogP contribution is -2.17. The van der Waals surface area contributed by atoms with Gasteiger partial charge < -0.3 is 9.47 Å². The molecular formula is C11H15BrN2O2. The first-order chi connectivity index (χ1) is 7.78. The van der Waals surface area contributed by atoms with Crippen molar-refractivity contribution in [1.29, 1.82) is 0 Å². The van der Waals surface area contributed by atoms with E-state index in [2.05, 4.69) is 32.8 Å². The monoisotopic (exact) mass is 286 g/mol. The topological polar surface area (TPSA) is 44.2 Å². The van der Waals surface area contributed by atoms with Crippen LogP contribution in [0.1, 0.15) is 25.6 Å². The summed E-state index contributed by atoms with van der Waals surface area (Å²) >= 11 is 3.37. The molecule has 0 aromatic carbocycles. The standard InChI is InChI=1S/C11H15BrN2O2/c1-2-3-10-13-9(12)6-11(14-10)16-8-4-5-15-7-8/h6,8H,2-5,7H2,1H3. The second-order valence-electron chi connectivity index (χ2n) is 3.80. The molecule has 1 fully saturated rings. The maximum Gasteiger partial charge on any atom is 0.218 e. The van der Waals surface area contributed by atoms with Crippen molar-refractivity contribution in [3.63, 3.8) is 0 Å². The van der Waals surface area contributed by atoms with Crippen LogP contribution in [0.2, 0.25) is 0 Å². The van der Waals surface area contributed by atoms with Gasteiger partial charge in [-0.25, -0.2) is 4.98 Å². The number of halogens is 1. The van der Waals surface area contributed by atoms with Gasteiger partial charge >= 0.3 is 0 Å². The molecule has 1 unspecified atom stereocenters. The number of aromatic nitrogens is 2. The highest BCUT2D eigenvalue weighted by Gasteiger charge is 2.18. The predicted octanol–water partition coefficient (Wildman–Crippen LogP) is 2.36. The SMILES string of the molecule is CCCc1nc(Br)cc(OC2CCOC2)n1. The Morgan fingerprint density at radius 3 is 3.12 bits per heavy atom. The Hall–Kier alpha value is -0.680. The van der Waals surface area contributed by atoms with Crippen molar-refractivity contribution in [1.82, 2.24) is 9.97 Å². The Morgan fingerprint density at radius 2 is 2.44 bits per heavy atom. The van der Waals surface area contributed by atoms with Crippen molar-refractivity contribution in [3.05, 3.63) is 16.5 Å². The molecule has 0 bridgehead atoms. The average Bonchev–Trinajstić information content (AvgIpc) is 2.70. The molecule has 1 aromatic rings. The van der Waals surface area contributed by atoms with Crippen molar-refractivity contribution in [2.45, 2.75) is 32.3 Å². The second-order valence-corrected chi connectivity index (χ2v) is 4.61. The summed E-state index contributed by atoms with van der Waals surface area (Å²) in [5.74, 6) is 1.46. The summed E-state index contributed by atoms with van der Waals surface area (Å²) in [6.45, 7) is 3.54. The van der Waals surface area contributed by atoms with Gasteiger partial charge in [-0.1, -0.05) is 6.92 Å². The summed E-state index contributed by atoms with van der Waals surface area (Å²) < 4.78 is 11.8. The first-order valence-corrected chi connectivity index (χ1v) is 6.35. The molecular weight excluding hydrogens is 272 g/mol. The lowest BCUT2D eigenvalue weighted by atomic mass is 10.3. The summed E-state index contributed by atoms with van der Waals surface area (Å²) in [6, 6.07) is 1.80. The highest BCUT2D eigenvalue weighted by atomic mass is 79.9. The summed E-state index contributed by atoms with van der Waals surface area (Å²) in [5, 5.41) is 0. The first kappa shape index (κ1) is 11.8. The summed E-state index contributed by atoms with van der Waals surface area (Å²) in [5.41, 5.74) is 0. The molecule has 0 spiro atoms. The zero-order valence-electron chi connectivity index (χ0n) is 9.28. The van der Waals surface area contributed by atoms with E-state index in [0.29, 0.717) is 12.5 Å². The molecule has 0 amide bonds. The van der Waals surface area contributed by atoms with Gasteiger partial charge in [-0.05, 0) is 22.4 Å². The van der Waals surface area contributed by atoms with Crippen LogP contribution in [0.25, 0.3) is 0 Å². The Labute approximate surface area is 104 Å². The van der Waals surface area contributed by atoms with Gasteiger partial charge in [0.2, 0.25) is 5.88 Å². The van der Waals surface area contributed by atoms with Crippen LogP contribution in [0, 0.1) is 0 Å². The van der Waals surface area contributed by atoms with E-state index >= 15 is 0 Å². The number of rotatable bonds is 4. The van der Waals surface area contributed by atoms with Crippen LogP contribution < -0.4 is 4.74 Å². The molecule has 2 rings (SSSR count). The van der Waals surface area contributed by atoms with E-state index < -0.39 is 0 Å². The molecule has 1 aliphatic heterocycles. The van der Waals surface area contributed by atoms with Crippen LogP contribution in [-0.2, 0) is 11.2 Å². The van der Waals surface area contributed by atoms with Gasteiger partial charge in [0.15, 0.2) is 0 Å². The van der Waals surface area contributed by atoms with Crippen LogP contribution in [0.4, 0.5) is 0 Å². The van der Waals surface area contributed by atoms with E-state index in [-0.39, 0.29) is 6.10 Å². The van der Waals surface area contributed by atoms with E-state index in [1.54, 1.807) is 6.07 Å². The minimum absolute atomic E-state index is 0.135. The van der Waals surface area contributed by atoms with E-state index in [9.17, 15) is 0 Å². The van der Waals surface area contributed by atoms with Gasteiger partial charge in [-0.3, -0.25) is 0 Å². The second kappa shape index (κ2) is 5.59.